The highest BCUT2D eigenvalue weighted by atomic mass is 16.7. The lowest BCUT2D eigenvalue weighted by Crippen LogP contribution is -2.52. The van der Waals surface area contributed by atoms with Crippen molar-refractivity contribution in [3.63, 3.8) is 0 Å². The van der Waals surface area contributed by atoms with Crippen molar-refractivity contribution in [2.45, 2.75) is 77.0 Å². The third-order valence-corrected chi connectivity index (χ3v) is 9.22. The minimum Gasteiger partial charge on any atom is -0.502 e. The molecule has 6 unspecified atom stereocenters. The Kier molecular flexibility index (Phi) is 14.7. The molecule has 5 rings (SSSR count). The summed E-state index contributed by atoms with van der Waals surface area (Å²) >= 11 is 0. The molecule has 9 atom stereocenters. The fraction of sp³-hybridized carbons (Fsp3) is 0.553. The number of fused-ring (bicyclic) bond motifs is 2. The third kappa shape index (κ3) is 8.69. The Bertz CT molecular complexity index is 1480. The average molecular weight is 717 g/mol. The van der Waals surface area contributed by atoms with Crippen LogP contribution in [0.25, 0.3) is 0 Å². The fourth-order valence-corrected chi connectivity index (χ4v) is 6.80. The van der Waals surface area contributed by atoms with Crippen molar-refractivity contribution in [1.82, 2.24) is 0 Å². The van der Waals surface area contributed by atoms with Crippen LogP contribution >= 0.6 is 0 Å². The van der Waals surface area contributed by atoms with Crippen molar-refractivity contribution in [3.05, 3.63) is 64.8 Å². The van der Waals surface area contributed by atoms with Gasteiger partial charge in [-0.3, -0.25) is 0 Å². The Morgan fingerprint density at radius 2 is 1.63 bits per heavy atom. The Balaban J connectivity index is 0.00000286. The quantitative estimate of drug-likeness (QED) is 0.139. The van der Waals surface area contributed by atoms with E-state index < -0.39 is 54.7 Å². The van der Waals surface area contributed by atoms with E-state index in [1.165, 1.54) is 28.4 Å². The molecule has 1 aliphatic carbocycles. The average Bonchev–Trinajstić information content (AvgIpc) is 3.61. The van der Waals surface area contributed by atoms with Gasteiger partial charge in [0.15, 0.2) is 35.6 Å². The zero-order valence-corrected chi connectivity index (χ0v) is 30.6. The molecule has 3 aliphatic rings. The molecule has 0 aromatic heterocycles. The maximum atomic E-state index is 13.1. The van der Waals surface area contributed by atoms with Crippen molar-refractivity contribution in [3.8, 4) is 28.7 Å². The third-order valence-electron chi connectivity index (χ3n) is 9.22. The van der Waals surface area contributed by atoms with Gasteiger partial charge >= 0.3 is 0 Å². The Labute approximate surface area is 299 Å². The van der Waals surface area contributed by atoms with E-state index in [0.29, 0.717) is 28.2 Å². The van der Waals surface area contributed by atoms with Crippen molar-refractivity contribution in [2.24, 2.45) is 11.8 Å². The van der Waals surface area contributed by atoms with Crippen molar-refractivity contribution in [2.75, 3.05) is 48.4 Å². The molecule has 0 amide bonds. The summed E-state index contributed by atoms with van der Waals surface area (Å²) in [6.07, 6.45) is 0.566. The number of phenolic OH excluding ortho intramolecular Hbond substituents is 1. The van der Waals surface area contributed by atoms with Crippen LogP contribution in [0.2, 0.25) is 0 Å². The second-order valence-corrected chi connectivity index (χ2v) is 12.2. The number of allylic oxidation sites excluding steroid dienone is 3. The number of carbonyl (C=O) groups is 1. The van der Waals surface area contributed by atoms with Crippen LogP contribution in [-0.2, 0) is 28.5 Å². The summed E-state index contributed by atoms with van der Waals surface area (Å²) in [5.74, 6) is -0.782. The van der Waals surface area contributed by atoms with Gasteiger partial charge in [-0.2, -0.15) is 0 Å². The number of rotatable bonds is 14. The number of ether oxygens (including phenoxy) is 9. The van der Waals surface area contributed by atoms with Crippen LogP contribution in [0.1, 0.15) is 62.8 Å². The van der Waals surface area contributed by atoms with Crippen molar-refractivity contribution < 1.29 is 62.7 Å². The number of hydrogen-bond donors (Lipinski definition) is 3. The molecule has 3 N–H and O–H groups in total. The van der Waals surface area contributed by atoms with Gasteiger partial charge in [0.05, 0.1) is 45.7 Å². The molecule has 2 aromatic carbocycles. The number of aliphatic hydroxyl groups excluding tert-OH is 2. The molecular formula is C38H52O13. The van der Waals surface area contributed by atoms with Crippen LogP contribution in [-0.4, -0.2) is 101 Å². The smallest absolute Gasteiger partial charge is 0.231 e. The monoisotopic (exact) mass is 716 g/mol. The van der Waals surface area contributed by atoms with E-state index >= 15 is 0 Å². The van der Waals surface area contributed by atoms with Crippen LogP contribution in [0.5, 0.6) is 28.7 Å². The van der Waals surface area contributed by atoms with E-state index in [9.17, 15) is 20.1 Å². The molecule has 1 saturated heterocycles. The van der Waals surface area contributed by atoms with Gasteiger partial charge in [0.25, 0.3) is 0 Å². The van der Waals surface area contributed by atoms with Gasteiger partial charge in [0, 0.05) is 38.4 Å². The number of aldehydes is 1. The molecule has 13 nitrogen and oxygen atoms in total. The molecular weight excluding hydrogens is 664 g/mol. The van der Waals surface area contributed by atoms with E-state index in [2.05, 4.69) is 0 Å². The molecule has 2 aliphatic heterocycles. The first-order valence-corrected chi connectivity index (χ1v) is 17.1. The van der Waals surface area contributed by atoms with Crippen molar-refractivity contribution >= 4 is 6.29 Å². The lowest BCUT2D eigenvalue weighted by Gasteiger charge is -2.45. The first-order chi connectivity index (χ1) is 24.7. The minimum atomic E-state index is -1.40. The predicted molar refractivity (Wildman–Crippen MR) is 186 cm³/mol. The van der Waals surface area contributed by atoms with Gasteiger partial charge < -0.3 is 62.7 Å². The van der Waals surface area contributed by atoms with Gasteiger partial charge in [-0.25, -0.2) is 0 Å². The minimum absolute atomic E-state index is 0.0120. The second kappa shape index (κ2) is 18.7. The Hall–Kier alpha value is -3.69. The van der Waals surface area contributed by atoms with Crippen LogP contribution < -0.4 is 18.9 Å². The summed E-state index contributed by atoms with van der Waals surface area (Å²) in [6, 6.07) is 6.93. The lowest BCUT2D eigenvalue weighted by atomic mass is 9.65. The number of aliphatic hydroxyl groups is 2. The first kappa shape index (κ1) is 40.1. The van der Waals surface area contributed by atoms with Gasteiger partial charge in [-0.05, 0) is 60.4 Å². The Morgan fingerprint density at radius 3 is 2.20 bits per heavy atom. The number of aromatic hydroxyl groups is 1. The van der Waals surface area contributed by atoms with E-state index in [-0.39, 0.29) is 43.7 Å². The molecule has 51 heavy (non-hydrogen) atoms. The Morgan fingerprint density at radius 1 is 0.980 bits per heavy atom. The summed E-state index contributed by atoms with van der Waals surface area (Å²) in [4.78, 5) is 13.1. The maximum Gasteiger partial charge on any atom is 0.231 e. The lowest BCUT2D eigenvalue weighted by molar-refractivity contribution is -0.299. The predicted octanol–water partition coefficient (Wildman–Crippen LogP) is 4.79. The van der Waals surface area contributed by atoms with Crippen LogP contribution in [0.4, 0.5) is 0 Å². The molecule has 0 saturated carbocycles. The fourth-order valence-electron chi connectivity index (χ4n) is 6.80. The van der Waals surface area contributed by atoms with Gasteiger partial charge in [-0.15, -0.1) is 0 Å². The highest BCUT2D eigenvalue weighted by Gasteiger charge is 2.48. The maximum absolute atomic E-state index is 13.1. The van der Waals surface area contributed by atoms with Crippen LogP contribution in [0, 0.1) is 11.8 Å². The zero-order valence-electron chi connectivity index (χ0n) is 30.6. The van der Waals surface area contributed by atoms with E-state index in [1.54, 1.807) is 18.2 Å². The largest absolute Gasteiger partial charge is 0.502 e. The van der Waals surface area contributed by atoms with E-state index in [0.717, 1.165) is 11.9 Å². The molecule has 13 heteroatoms. The summed E-state index contributed by atoms with van der Waals surface area (Å²) in [5.41, 5.74) is 2.80. The number of hydrogen-bond acceptors (Lipinski definition) is 13. The molecule has 0 radical (unpaired) electrons. The molecule has 2 heterocycles. The number of phenols is 1. The molecule has 0 bridgehead atoms. The molecule has 0 spiro atoms. The topological polar surface area (TPSA) is 161 Å². The van der Waals surface area contributed by atoms with Crippen LogP contribution in [0.3, 0.4) is 0 Å². The summed E-state index contributed by atoms with van der Waals surface area (Å²) in [6.45, 7) is 7.94. The summed E-state index contributed by atoms with van der Waals surface area (Å²) in [7, 11) is 5.92. The van der Waals surface area contributed by atoms with E-state index in [1.807, 2.05) is 52.0 Å². The van der Waals surface area contributed by atoms with Crippen molar-refractivity contribution in [1.29, 1.82) is 0 Å². The molecule has 2 aromatic rings. The highest BCUT2D eigenvalue weighted by molar-refractivity contribution is 5.65. The summed E-state index contributed by atoms with van der Waals surface area (Å²) < 4.78 is 52.3. The second-order valence-electron chi connectivity index (χ2n) is 12.2. The van der Waals surface area contributed by atoms with Gasteiger partial charge in [0.1, 0.15) is 12.4 Å². The number of benzene rings is 2. The SMILES string of the molecule is C/C=C\C=C(/C)C(OC)OCC1CC(O)[C@@H](O)C(O[C@@H]2c3cc4c(cc3C(c3cc(OC)c(O)c(OC)c3)C(C=O)[C@@H]2COC)OCO4)O1.CC. The zero-order chi connectivity index (χ0) is 37.2. The van der Waals surface area contributed by atoms with Crippen LogP contribution in [0.15, 0.2) is 48.1 Å². The first-order valence-electron chi connectivity index (χ1n) is 17.1. The standard InChI is InChI=1S/C36H46O13.C2H6/c1-7-8-9-19(2)35(44-6)45-16-21-12-26(38)32(39)36(48-21)49-34-23-14-28-27(46-18-47-28)13-22(23)31(24(15-37)25(34)17-41-3)20-10-29(42-4)33(40)30(11-20)43-5;1-2/h7-11,13-15,21,24-26,31-32,34-36,38-40H,12,16-18H2,1-6H3;1-2H3/b8-7-,19-9+;/t21?,24?,25-,26?,31?,32+,34+,35?,36?;/m0./s1. The number of carbonyl (C=O) groups excluding carboxylic acids is 1. The normalized spacial score (nSPS) is 27.7. The van der Waals surface area contributed by atoms with Gasteiger partial charge in [-0.1, -0.05) is 32.1 Å². The molecule has 282 valence electrons. The summed E-state index contributed by atoms with van der Waals surface area (Å²) in [5, 5.41) is 32.7. The number of methoxy groups -OCH3 is 4. The van der Waals surface area contributed by atoms with E-state index in [4.69, 9.17) is 42.6 Å². The molecule has 1 fully saturated rings. The van der Waals surface area contributed by atoms with Gasteiger partial charge in [0.2, 0.25) is 12.5 Å². The highest BCUT2D eigenvalue weighted by Crippen LogP contribution is 2.54.